The molecule has 5 heteroatoms. The van der Waals surface area contributed by atoms with Crippen molar-refractivity contribution in [3.8, 4) is 0 Å². The molecule has 0 amide bonds. The number of carbonyl (C=O) groups excluding carboxylic acids is 1. The van der Waals surface area contributed by atoms with E-state index in [0.29, 0.717) is 11.6 Å². The van der Waals surface area contributed by atoms with Crippen LogP contribution in [0.3, 0.4) is 0 Å². The highest BCUT2D eigenvalue weighted by Crippen LogP contribution is 2.42. The summed E-state index contributed by atoms with van der Waals surface area (Å²) in [5.41, 5.74) is 1.46. The van der Waals surface area contributed by atoms with Crippen molar-refractivity contribution < 1.29 is 4.79 Å². The van der Waals surface area contributed by atoms with Gasteiger partial charge >= 0.3 is 0 Å². The zero-order chi connectivity index (χ0) is 10.1. The van der Waals surface area contributed by atoms with Crippen LogP contribution in [0.2, 0.25) is 5.15 Å². The van der Waals surface area contributed by atoms with Gasteiger partial charge in [-0.2, -0.15) is 10.1 Å². The molecule has 0 aliphatic heterocycles. The van der Waals surface area contributed by atoms with Gasteiger partial charge in [-0.25, -0.2) is 4.79 Å². The summed E-state index contributed by atoms with van der Waals surface area (Å²) in [7, 11) is 1.82. The molecule has 0 bridgehead atoms. The summed E-state index contributed by atoms with van der Waals surface area (Å²) in [4.78, 5) is 13.8. The summed E-state index contributed by atoms with van der Waals surface area (Å²) in [6.45, 7) is 0. The molecule has 1 saturated carbocycles. The fourth-order valence-electron chi connectivity index (χ4n) is 1.78. The maximum absolute atomic E-state index is 10.2. The minimum Gasteiger partial charge on any atom is -0.269 e. The van der Waals surface area contributed by atoms with Crippen molar-refractivity contribution in [1.82, 2.24) is 9.78 Å². The predicted molar refractivity (Wildman–Crippen MR) is 52.6 cm³/mol. The third kappa shape index (κ3) is 1.37. The molecule has 1 fully saturated rings. The normalized spacial score (nSPS) is 16.1. The summed E-state index contributed by atoms with van der Waals surface area (Å²) in [5.74, 6) is 0.451. The number of hydrogen-bond acceptors (Lipinski definition) is 3. The van der Waals surface area contributed by atoms with Crippen molar-refractivity contribution in [2.75, 3.05) is 0 Å². The second-order valence-electron chi connectivity index (χ2n) is 3.48. The van der Waals surface area contributed by atoms with Crippen molar-refractivity contribution in [3.63, 3.8) is 0 Å². The quantitative estimate of drug-likeness (QED) is 0.557. The van der Waals surface area contributed by atoms with Crippen LogP contribution < -0.4 is 0 Å². The Morgan fingerprint density at radius 2 is 2.36 bits per heavy atom. The summed E-state index contributed by atoms with van der Waals surface area (Å²) in [6, 6.07) is 0. The van der Waals surface area contributed by atoms with Gasteiger partial charge in [0, 0.05) is 13.0 Å². The van der Waals surface area contributed by atoms with E-state index >= 15 is 0 Å². The molecule has 0 N–H and O–H groups in total. The van der Waals surface area contributed by atoms with E-state index in [0.717, 1.165) is 18.5 Å². The Hall–Kier alpha value is -1.12. The molecule has 14 heavy (non-hydrogen) atoms. The monoisotopic (exact) mass is 211 g/mol. The molecule has 0 aromatic carbocycles. The van der Waals surface area contributed by atoms with Crippen molar-refractivity contribution in [2.45, 2.75) is 25.2 Å². The molecule has 1 aromatic rings. The highest BCUT2D eigenvalue weighted by molar-refractivity contribution is 6.32. The van der Waals surface area contributed by atoms with Gasteiger partial charge < -0.3 is 0 Å². The molecule has 0 atom stereocenters. The van der Waals surface area contributed by atoms with Gasteiger partial charge in [-0.15, -0.1) is 0 Å². The first-order valence-electron chi connectivity index (χ1n) is 4.54. The van der Waals surface area contributed by atoms with E-state index in [-0.39, 0.29) is 5.15 Å². The molecular weight excluding hydrogens is 202 g/mol. The molecule has 0 spiro atoms. The number of isocyanates is 1. The van der Waals surface area contributed by atoms with E-state index in [1.807, 2.05) is 7.05 Å². The van der Waals surface area contributed by atoms with Crippen molar-refractivity contribution in [3.05, 3.63) is 10.8 Å². The lowest BCUT2D eigenvalue weighted by molar-refractivity contribution is 0.398. The van der Waals surface area contributed by atoms with E-state index < -0.39 is 0 Å². The van der Waals surface area contributed by atoms with Crippen molar-refractivity contribution in [2.24, 2.45) is 12.0 Å². The Morgan fingerprint density at radius 3 is 2.86 bits per heavy atom. The Labute approximate surface area is 86.6 Å². The van der Waals surface area contributed by atoms with Gasteiger partial charge in [-0.3, -0.25) is 4.68 Å². The number of aromatic nitrogens is 2. The van der Waals surface area contributed by atoms with Crippen LogP contribution in [-0.4, -0.2) is 15.9 Å². The maximum atomic E-state index is 10.2. The van der Waals surface area contributed by atoms with Gasteiger partial charge in [-0.05, 0) is 12.8 Å². The van der Waals surface area contributed by atoms with Crippen molar-refractivity contribution in [1.29, 1.82) is 0 Å². The average Bonchev–Trinajstić information content (AvgIpc) is 2.29. The minimum atomic E-state index is 0.290. The average molecular weight is 212 g/mol. The molecule has 0 unspecified atom stereocenters. The standard InChI is InChI=1S/C9H10ClN3O/c1-13-8(6-3-2-4-6)7(11-5-14)9(10)12-13/h6H,2-4H2,1H3. The summed E-state index contributed by atoms with van der Waals surface area (Å²) < 4.78 is 1.71. The number of aliphatic imine (C=N–C) groups is 1. The fourth-order valence-corrected chi connectivity index (χ4v) is 2.03. The first-order valence-corrected chi connectivity index (χ1v) is 4.92. The van der Waals surface area contributed by atoms with E-state index in [1.54, 1.807) is 4.68 Å². The van der Waals surface area contributed by atoms with Gasteiger partial charge in [0.2, 0.25) is 6.08 Å². The Bertz CT molecular complexity index is 402. The van der Waals surface area contributed by atoms with Gasteiger partial charge in [0.1, 0.15) is 5.69 Å². The molecule has 4 nitrogen and oxygen atoms in total. The second kappa shape index (κ2) is 3.56. The zero-order valence-corrected chi connectivity index (χ0v) is 8.58. The first kappa shape index (κ1) is 9.44. The predicted octanol–water partition coefficient (Wildman–Crippen LogP) is 2.31. The van der Waals surface area contributed by atoms with E-state index in [1.165, 1.54) is 12.5 Å². The molecule has 1 heterocycles. The van der Waals surface area contributed by atoms with E-state index in [2.05, 4.69) is 10.1 Å². The molecule has 1 aliphatic carbocycles. The van der Waals surface area contributed by atoms with Crippen LogP contribution in [0.25, 0.3) is 0 Å². The van der Waals surface area contributed by atoms with Crippen LogP contribution in [0.1, 0.15) is 30.9 Å². The third-order valence-electron chi connectivity index (χ3n) is 2.67. The lowest BCUT2D eigenvalue weighted by atomic mass is 9.82. The fraction of sp³-hybridized carbons (Fsp3) is 0.556. The smallest absolute Gasteiger partial charge is 0.240 e. The van der Waals surface area contributed by atoms with Gasteiger partial charge in [0.05, 0.1) is 5.69 Å². The summed E-state index contributed by atoms with van der Waals surface area (Å²) >= 11 is 5.85. The number of nitrogens with zero attached hydrogens (tertiary/aromatic N) is 3. The first-order chi connectivity index (χ1) is 6.74. The summed E-state index contributed by atoms with van der Waals surface area (Å²) in [5, 5.41) is 4.33. The number of rotatable bonds is 2. The van der Waals surface area contributed by atoms with E-state index in [4.69, 9.17) is 11.6 Å². The lowest BCUT2D eigenvalue weighted by Gasteiger charge is -2.25. The maximum Gasteiger partial charge on any atom is 0.240 e. The molecular formula is C9H10ClN3O. The lowest BCUT2D eigenvalue weighted by Crippen LogP contribution is -2.13. The summed E-state index contributed by atoms with van der Waals surface area (Å²) in [6.07, 6.45) is 4.98. The number of aryl methyl sites for hydroxylation is 1. The number of halogens is 1. The SMILES string of the molecule is Cn1nc(Cl)c(N=C=O)c1C1CCC1. The van der Waals surface area contributed by atoms with Gasteiger partial charge in [-0.1, -0.05) is 18.0 Å². The molecule has 1 aliphatic rings. The molecule has 1 aromatic heterocycles. The second-order valence-corrected chi connectivity index (χ2v) is 3.84. The van der Waals surface area contributed by atoms with Crippen LogP contribution in [-0.2, 0) is 11.8 Å². The van der Waals surface area contributed by atoms with Crippen LogP contribution in [0.15, 0.2) is 4.99 Å². The highest BCUT2D eigenvalue weighted by atomic mass is 35.5. The topological polar surface area (TPSA) is 47.2 Å². The Morgan fingerprint density at radius 1 is 1.64 bits per heavy atom. The molecule has 0 saturated heterocycles. The minimum absolute atomic E-state index is 0.290. The Balaban J connectivity index is 2.48. The van der Waals surface area contributed by atoms with E-state index in [9.17, 15) is 4.79 Å². The van der Waals surface area contributed by atoms with Crippen LogP contribution in [0.5, 0.6) is 0 Å². The Kier molecular flexibility index (Phi) is 2.40. The molecule has 74 valence electrons. The van der Waals surface area contributed by atoms with Gasteiger partial charge in [0.15, 0.2) is 5.15 Å². The third-order valence-corrected chi connectivity index (χ3v) is 2.93. The van der Waals surface area contributed by atoms with Crippen LogP contribution >= 0.6 is 11.6 Å². The van der Waals surface area contributed by atoms with Crippen LogP contribution in [0.4, 0.5) is 5.69 Å². The highest BCUT2D eigenvalue weighted by Gasteiger charge is 2.27. The van der Waals surface area contributed by atoms with Crippen LogP contribution in [0, 0.1) is 0 Å². The molecule has 0 radical (unpaired) electrons. The largest absolute Gasteiger partial charge is 0.269 e. The number of hydrogen-bond donors (Lipinski definition) is 0. The van der Waals surface area contributed by atoms with Crippen molar-refractivity contribution >= 4 is 23.4 Å². The van der Waals surface area contributed by atoms with Gasteiger partial charge in [0.25, 0.3) is 0 Å². The zero-order valence-electron chi connectivity index (χ0n) is 7.83. The molecule has 2 rings (SSSR count).